The van der Waals surface area contributed by atoms with Crippen molar-refractivity contribution in [2.45, 2.75) is 19.8 Å². The molecule has 0 aromatic heterocycles. The van der Waals surface area contributed by atoms with Crippen LogP contribution < -0.4 is 4.74 Å². The van der Waals surface area contributed by atoms with Gasteiger partial charge in [0.1, 0.15) is 5.76 Å². The van der Waals surface area contributed by atoms with Crippen molar-refractivity contribution < 1.29 is 29.3 Å². The molecule has 0 fully saturated rings. The lowest BCUT2D eigenvalue weighted by Gasteiger charge is -2.19. The molecule has 0 spiro atoms. The Kier molecular flexibility index (Phi) is 7.21. The summed E-state index contributed by atoms with van der Waals surface area (Å²) in [6.07, 6.45) is 7.91. The van der Waals surface area contributed by atoms with Gasteiger partial charge in [0.05, 0.1) is 20.6 Å². The summed E-state index contributed by atoms with van der Waals surface area (Å²) in [5, 5.41) is 19.5. The van der Waals surface area contributed by atoms with Crippen LogP contribution in [-0.4, -0.2) is 36.0 Å². The molecule has 0 aliphatic heterocycles. The molecule has 0 saturated carbocycles. The molecule has 0 heterocycles. The maximum absolute atomic E-state index is 12.0. The topological polar surface area (TPSA) is 93.1 Å². The lowest BCUT2D eigenvalue weighted by atomic mass is 9.92. The molecule has 1 aromatic rings. The van der Waals surface area contributed by atoms with Crippen LogP contribution in [-0.2, 0) is 14.3 Å². The van der Waals surface area contributed by atoms with E-state index < -0.39 is 0 Å². The Morgan fingerprint density at radius 1 is 1.11 bits per heavy atom. The predicted octanol–water partition coefficient (Wildman–Crippen LogP) is 3.88. The van der Waals surface area contributed by atoms with E-state index >= 15 is 0 Å². The lowest BCUT2D eigenvalue weighted by molar-refractivity contribution is -0.121. The van der Waals surface area contributed by atoms with Crippen molar-refractivity contribution in [1.82, 2.24) is 0 Å². The van der Waals surface area contributed by atoms with Crippen LogP contribution in [0.2, 0.25) is 0 Å². The first kappa shape index (κ1) is 21.0. The fourth-order valence-electron chi connectivity index (χ4n) is 2.75. The molecule has 0 bridgehead atoms. The third-order valence-corrected chi connectivity index (χ3v) is 4.29. The van der Waals surface area contributed by atoms with Crippen molar-refractivity contribution in [3.05, 3.63) is 65.2 Å². The summed E-state index contributed by atoms with van der Waals surface area (Å²) in [5.41, 5.74) is 1.51. The van der Waals surface area contributed by atoms with E-state index in [1.54, 1.807) is 30.4 Å². The fraction of sp³-hybridized carbons (Fsp3) is 0.273. The number of hydrogen-bond donors (Lipinski definition) is 2. The molecule has 0 radical (unpaired) electrons. The molecule has 6 nitrogen and oxygen atoms in total. The van der Waals surface area contributed by atoms with Crippen LogP contribution in [0.15, 0.2) is 59.6 Å². The maximum atomic E-state index is 12.0. The van der Waals surface area contributed by atoms with Crippen molar-refractivity contribution in [2.24, 2.45) is 5.92 Å². The highest BCUT2D eigenvalue weighted by Gasteiger charge is 2.19. The normalized spacial score (nSPS) is 17.1. The van der Waals surface area contributed by atoms with Gasteiger partial charge in [0.2, 0.25) is 0 Å². The first-order valence-corrected chi connectivity index (χ1v) is 8.80. The van der Waals surface area contributed by atoms with E-state index in [0.29, 0.717) is 23.5 Å². The fourth-order valence-corrected chi connectivity index (χ4v) is 2.75. The highest BCUT2D eigenvalue weighted by molar-refractivity contribution is 6.09. The molecule has 1 aromatic carbocycles. The first-order chi connectivity index (χ1) is 13.3. The summed E-state index contributed by atoms with van der Waals surface area (Å²) < 4.78 is 10.1. The number of hydrogen-bond acceptors (Lipinski definition) is 6. The number of carbonyl (C=O) groups is 2. The number of rotatable bonds is 8. The summed E-state index contributed by atoms with van der Waals surface area (Å²) >= 11 is 0. The van der Waals surface area contributed by atoms with Crippen LogP contribution in [0.5, 0.6) is 11.5 Å². The standard InChI is InChI=1S/C22H24O6/c1-14-10-16(12-21(28-3)22(14)26)5-8-18(24)13-17(23)7-4-15-6-9-19(25)20(11-15)27-2/h4-9,11-12,14,25-26H,10,13H2,1-3H3/b7-4+,8-5+. The van der Waals surface area contributed by atoms with E-state index in [4.69, 9.17) is 9.47 Å². The van der Waals surface area contributed by atoms with Crippen LogP contribution in [0.3, 0.4) is 0 Å². The molecule has 1 aliphatic carbocycles. The number of aliphatic hydroxyl groups is 1. The van der Waals surface area contributed by atoms with Crippen molar-refractivity contribution in [3.63, 3.8) is 0 Å². The number of phenols is 1. The molecule has 2 N–H and O–H groups in total. The molecule has 1 unspecified atom stereocenters. The highest BCUT2D eigenvalue weighted by atomic mass is 16.5. The SMILES string of the molecule is COC1=C(O)C(C)CC(/C=C/C(=O)CC(=O)/C=C/c2ccc(O)c(OC)c2)=C1. The molecule has 0 saturated heterocycles. The Bertz CT molecular complexity index is 873. The Balaban J connectivity index is 1.96. The second-order valence-electron chi connectivity index (χ2n) is 6.49. The van der Waals surface area contributed by atoms with Crippen molar-refractivity contribution >= 4 is 17.6 Å². The van der Waals surface area contributed by atoms with Gasteiger partial charge in [-0.15, -0.1) is 0 Å². The quantitative estimate of drug-likeness (QED) is 0.522. The number of aliphatic hydroxyl groups excluding tert-OH is 1. The number of ketones is 2. The minimum Gasteiger partial charge on any atom is -0.508 e. The molecule has 6 heteroatoms. The second-order valence-corrected chi connectivity index (χ2v) is 6.49. The minimum atomic E-state index is -0.331. The molecule has 2 rings (SSSR count). The van der Waals surface area contributed by atoms with E-state index in [9.17, 15) is 19.8 Å². The largest absolute Gasteiger partial charge is 0.508 e. The third kappa shape index (κ3) is 5.61. The number of carbonyl (C=O) groups excluding carboxylic acids is 2. The van der Waals surface area contributed by atoms with Crippen LogP contribution in [0, 0.1) is 5.92 Å². The number of benzene rings is 1. The molecule has 148 valence electrons. The number of allylic oxidation sites excluding steroid dienone is 6. The molecule has 0 amide bonds. The van der Waals surface area contributed by atoms with E-state index in [-0.39, 0.29) is 35.4 Å². The van der Waals surface area contributed by atoms with Gasteiger partial charge < -0.3 is 19.7 Å². The Morgan fingerprint density at radius 3 is 2.43 bits per heavy atom. The zero-order valence-electron chi connectivity index (χ0n) is 16.1. The number of methoxy groups -OCH3 is 2. The van der Waals surface area contributed by atoms with Gasteiger partial charge in [-0.3, -0.25) is 9.59 Å². The van der Waals surface area contributed by atoms with Crippen LogP contribution in [0.1, 0.15) is 25.3 Å². The Hall–Kier alpha value is -3.28. The smallest absolute Gasteiger partial charge is 0.163 e. The molecular formula is C22H24O6. The summed E-state index contributed by atoms with van der Waals surface area (Å²) in [5.74, 6) is 0.150. The van der Waals surface area contributed by atoms with E-state index in [1.165, 1.54) is 32.4 Å². The van der Waals surface area contributed by atoms with Gasteiger partial charge in [0.15, 0.2) is 28.8 Å². The van der Waals surface area contributed by atoms with E-state index in [2.05, 4.69) is 0 Å². The summed E-state index contributed by atoms with van der Waals surface area (Å²) in [7, 11) is 2.91. The molecule has 1 aliphatic rings. The average Bonchev–Trinajstić information content (AvgIpc) is 2.68. The van der Waals surface area contributed by atoms with Gasteiger partial charge in [0.25, 0.3) is 0 Å². The monoisotopic (exact) mass is 384 g/mol. The maximum Gasteiger partial charge on any atom is 0.163 e. The van der Waals surface area contributed by atoms with Gasteiger partial charge in [-0.1, -0.05) is 25.1 Å². The zero-order chi connectivity index (χ0) is 20.7. The van der Waals surface area contributed by atoms with Gasteiger partial charge >= 0.3 is 0 Å². The number of aromatic hydroxyl groups is 1. The Labute approximate surface area is 164 Å². The minimum absolute atomic E-state index is 0.0115. The zero-order valence-corrected chi connectivity index (χ0v) is 16.1. The molecule has 1 atom stereocenters. The number of ether oxygens (including phenoxy) is 2. The molecule has 28 heavy (non-hydrogen) atoms. The summed E-state index contributed by atoms with van der Waals surface area (Å²) in [6.45, 7) is 1.86. The van der Waals surface area contributed by atoms with E-state index in [1.807, 2.05) is 6.92 Å². The first-order valence-electron chi connectivity index (χ1n) is 8.80. The van der Waals surface area contributed by atoms with Crippen LogP contribution >= 0.6 is 0 Å². The van der Waals surface area contributed by atoms with Crippen molar-refractivity contribution in [3.8, 4) is 11.5 Å². The average molecular weight is 384 g/mol. The van der Waals surface area contributed by atoms with Gasteiger partial charge in [-0.05, 0) is 47.9 Å². The molecular weight excluding hydrogens is 360 g/mol. The third-order valence-electron chi connectivity index (χ3n) is 4.29. The van der Waals surface area contributed by atoms with Crippen molar-refractivity contribution in [1.29, 1.82) is 0 Å². The van der Waals surface area contributed by atoms with Gasteiger partial charge in [0, 0.05) is 5.92 Å². The van der Waals surface area contributed by atoms with E-state index in [0.717, 1.165) is 5.57 Å². The predicted molar refractivity (Wildman–Crippen MR) is 106 cm³/mol. The Morgan fingerprint density at radius 2 is 1.79 bits per heavy atom. The summed E-state index contributed by atoms with van der Waals surface area (Å²) in [6, 6.07) is 4.69. The lowest BCUT2D eigenvalue weighted by Crippen LogP contribution is -2.09. The second kappa shape index (κ2) is 9.60. The van der Waals surface area contributed by atoms with Crippen LogP contribution in [0.25, 0.3) is 6.08 Å². The van der Waals surface area contributed by atoms with Gasteiger partial charge in [-0.2, -0.15) is 0 Å². The van der Waals surface area contributed by atoms with Crippen molar-refractivity contribution in [2.75, 3.05) is 14.2 Å². The van der Waals surface area contributed by atoms with Gasteiger partial charge in [-0.25, -0.2) is 0 Å². The highest BCUT2D eigenvalue weighted by Crippen LogP contribution is 2.29. The summed E-state index contributed by atoms with van der Waals surface area (Å²) in [4.78, 5) is 24.0. The van der Waals surface area contributed by atoms with Crippen LogP contribution in [0.4, 0.5) is 0 Å². The number of phenolic OH excluding ortho intramolecular Hbond substituents is 1.